The molecule has 0 unspecified atom stereocenters. The summed E-state index contributed by atoms with van der Waals surface area (Å²) in [7, 11) is 3.44. The first-order valence-corrected chi connectivity index (χ1v) is 11.0. The number of pyridine rings is 1. The van der Waals surface area contributed by atoms with E-state index in [0.29, 0.717) is 18.7 Å². The number of methoxy groups -OCH3 is 1. The summed E-state index contributed by atoms with van der Waals surface area (Å²) in [4.78, 5) is 23.3. The molecule has 0 aliphatic carbocycles. The van der Waals surface area contributed by atoms with Crippen molar-refractivity contribution >= 4 is 16.9 Å². The Balaban J connectivity index is 1.40. The molecule has 33 heavy (non-hydrogen) atoms. The Kier molecular flexibility index (Phi) is 7.19. The second kappa shape index (κ2) is 10.6. The predicted molar refractivity (Wildman–Crippen MR) is 127 cm³/mol. The first-order valence-electron chi connectivity index (χ1n) is 11.0. The van der Waals surface area contributed by atoms with Crippen molar-refractivity contribution in [2.45, 2.75) is 25.9 Å². The second-order valence-corrected chi connectivity index (χ2v) is 7.81. The average Bonchev–Trinajstić information content (AvgIpc) is 3.20. The number of hydrogen-bond donors (Lipinski definition) is 0. The molecule has 0 atom stereocenters. The van der Waals surface area contributed by atoms with Crippen LogP contribution in [0.4, 0.5) is 0 Å². The fourth-order valence-corrected chi connectivity index (χ4v) is 3.74. The van der Waals surface area contributed by atoms with E-state index in [-0.39, 0.29) is 5.91 Å². The van der Waals surface area contributed by atoms with E-state index in [1.165, 1.54) is 0 Å². The third kappa shape index (κ3) is 5.49. The molecular weight excluding hydrogens is 416 g/mol. The van der Waals surface area contributed by atoms with E-state index < -0.39 is 0 Å². The summed E-state index contributed by atoms with van der Waals surface area (Å²) < 4.78 is 13.3. The Morgan fingerprint density at radius 1 is 1.03 bits per heavy atom. The second-order valence-electron chi connectivity index (χ2n) is 7.81. The van der Waals surface area contributed by atoms with E-state index in [4.69, 9.17) is 14.5 Å². The number of imidazole rings is 1. The van der Waals surface area contributed by atoms with Crippen LogP contribution in [0.3, 0.4) is 0 Å². The molecular formula is C26H28N4O3. The molecule has 1 amide bonds. The van der Waals surface area contributed by atoms with E-state index in [1.807, 2.05) is 42.5 Å². The first kappa shape index (κ1) is 22.3. The number of nitrogens with zero attached hydrogens (tertiary/aromatic N) is 4. The summed E-state index contributed by atoms with van der Waals surface area (Å²) in [6.07, 6.45) is 5.07. The molecule has 0 aliphatic rings. The molecule has 170 valence electrons. The SMILES string of the molecule is COc1cccc(OCCCCn2c(CN(C)C(=O)c3cccnc3)nc3ccccc32)c1. The largest absolute Gasteiger partial charge is 0.497 e. The van der Waals surface area contributed by atoms with Gasteiger partial charge in [-0.05, 0) is 49.2 Å². The number of para-hydroxylation sites is 2. The predicted octanol–water partition coefficient (Wildman–Crippen LogP) is 4.57. The van der Waals surface area contributed by atoms with Crippen LogP contribution in [0.1, 0.15) is 29.0 Å². The summed E-state index contributed by atoms with van der Waals surface area (Å²) in [5.74, 6) is 2.38. The number of carbonyl (C=O) groups is 1. The van der Waals surface area contributed by atoms with Crippen LogP contribution >= 0.6 is 0 Å². The highest BCUT2D eigenvalue weighted by Gasteiger charge is 2.17. The van der Waals surface area contributed by atoms with Gasteiger partial charge in [-0.2, -0.15) is 0 Å². The molecule has 0 radical (unpaired) electrons. The zero-order chi connectivity index (χ0) is 23.0. The summed E-state index contributed by atoms with van der Waals surface area (Å²) in [6, 6.07) is 19.2. The lowest BCUT2D eigenvalue weighted by Gasteiger charge is -2.18. The molecule has 2 aromatic heterocycles. The van der Waals surface area contributed by atoms with Crippen LogP contribution in [0.15, 0.2) is 73.1 Å². The molecule has 0 fully saturated rings. The van der Waals surface area contributed by atoms with Gasteiger partial charge in [0.2, 0.25) is 0 Å². The Morgan fingerprint density at radius 3 is 2.70 bits per heavy atom. The van der Waals surface area contributed by atoms with Crippen molar-refractivity contribution in [2.24, 2.45) is 0 Å². The molecule has 0 saturated carbocycles. The minimum absolute atomic E-state index is 0.0756. The van der Waals surface area contributed by atoms with Gasteiger partial charge in [-0.1, -0.05) is 18.2 Å². The monoisotopic (exact) mass is 444 g/mol. The van der Waals surface area contributed by atoms with E-state index in [2.05, 4.69) is 15.6 Å². The van der Waals surface area contributed by atoms with Crippen LogP contribution in [-0.4, -0.2) is 46.1 Å². The van der Waals surface area contributed by atoms with Crippen LogP contribution < -0.4 is 9.47 Å². The number of hydrogen-bond acceptors (Lipinski definition) is 5. The quantitative estimate of drug-likeness (QED) is 0.335. The Morgan fingerprint density at radius 2 is 1.88 bits per heavy atom. The van der Waals surface area contributed by atoms with Gasteiger partial charge < -0.3 is 18.9 Å². The van der Waals surface area contributed by atoms with Crippen LogP contribution in [-0.2, 0) is 13.1 Å². The number of ether oxygens (including phenoxy) is 2. The van der Waals surface area contributed by atoms with Crippen molar-refractivity contribution in [3.05, 3.63) is 84.4 Å². The maximum absolute atomic E-state index is 12.8. The van der Waals surface area contributed by atoms with Crippen molar-refractivity contribution in [2.75, 3.05) is 20.8 Å². The van der Waals surface area contributed by atoms with Gasteiger partial charge in [0, 0.05) is 32.1 Å². The molecule has 0 N–H and O–H groups in total. The average molecular weight is 445 g/mol. The van der Waals surface area contributed by atoms with Crippen molar-refractivity contribution in [1.82, 2.24) is 19.4 Å². The van der Waals surface area contributed by atoms with Gasteiger partial charge in [0.05, 0.1) is 36.9 Å². The maximum Gasteiger partial charge on any atom is 0.255 e. The van der Waals surface area contributed by atoms with Gasteiger partial charge in [-0.15, -0.1) is 0 Å². The Hall–Kier alpha value is -3.87. The van der Waals surface area contributed by atoms with Crippen molar-refractivity contribution in [3.63, 3.8) is 0 Å². The highest BCUT2D eigenvalue weighted by molar-refractivity contribution is 5.93. The molecule has 7 heteroatoms. The third-order valence-electron chi connectivity index (χ3n) is 5.45. The summed E-state index contributed by atoms with van der Waals surface area (Å²) in [5, 5.41) is 0. The van der Waals surface area contributed by atoms with Gasteiger partial charge in [0.25, 0.3) is 5.91 Å². The summed E-state index contributed by atoms with van der Waals surface area (Å²) >= 11 is 0. The highest BCUT2D eigenvalue weighted by Crippen LogP contribution is 2.20. The Bertz CT molecular complexity index is 1210. The molecule has 0 bridgehead atoms. The van der Waals surface area contributed by atoms with Gasteiger partial charge in [-0.3, -0.25) is 9.78 Å². The van der Waals surface area contributed by atoms with Crippen LogP contribution in [0.2, 0.25) is 0 Å². The lowest BCUT2D eigenvalue weighted by atomic mass is 10.2. The third-order valence-corrected chi connectivity index (χ3v) is 5.45. The fourth-order valence-electron chi connectivity index (χ4n) is 3.74. The first-order chi connectivity index (χ1) is 16.2. The molecule has 0 saturated heterocycles. The number of aromatic nitrogens is 3. The number of rotatable bonds is 10. The van der Waals surface area contributed by atoms with Crippen LogP contribution in [0.5, 0.6) is 11.5 Å². The lowest BCUT2D eigenvalue weighted by Crippen LogP contribution is -2.28. The number of amides is 1. The molecule has 2 heterocycles. The number of benzene rings is 2. The van der Waals surface area contributed by atoms with E-state index in [0.717, 1.165) is 47.7 Å². The zero-order valence-corrected chi connectivity index (χ0v) is 19.0. The zero-order valence-electron chi connectivity index (χ0n) is 19.0. The number of fused-ring (bicyclic) bond motifs is 1. The molecule has 2 aromatic carbocycles. The number of aryl methyl sites for hydroxylation is 1. The minimum Gasteiger partial charge on any atom is -0.497 e. The Labute approximate surface area is 193 Å². The molecule has 4 aromatic rings. The standard InChI is InChI=1S/C26H28N4O3/c1-29(26(31)20-9-8-14-27-18-20)19-25-28-23-12-3-4-13-24(23)30(25)15-5-6-16-33-22-11-7-10-21(17-22)32-2/h3-4,7-14,17-18H,5-6,15-16,19H2,1-2H3. The van der Waals surface area contributed by atoms with Gasteiger partial charge in [0.15, 0.2) is 0 Å². The highest BCUT2D eigenvalue weighted by atomic mass is 16.5. The smallest absolute Gasteiger partial charge is 0.255 e. The molecule has 4 rings (SSSR count). The summed E-state index contributed by atoms with van der Waals surface area (Å²) in [5.41, 5.74) is 2.57. The normalized spacial score (nSPS) is 10.8. The van der Waals surface area contributed by atoms with Crippen molar-refractivity contribution in [3.8, 4) is 11.5 Å². The van der Waals surface area contributed by atoms with Crippen LogP contribution in [0, 0.1) is 0 Å². The number of carbonyl (C=O) groups excluding carboxylic acids is 1. The topological polar surface area (TPSA) is 69.5 Å². The molecule has 0 spiro atoms. The van der Waals surface area contributed by atoms with Crippen molar-refractivity contribution in [1.29, 1.82) is 0 Å². The van der Waals surface area contributed by atoms with E-state index >= 15 is 0 Å². The van der Waals surface area contributed by atoms with E-state index in [1.54, 1.807) is 43.6 Å². The fraction of sp³-hybridized carbons (Fsp3) is 0.269. The molecule has 0 aliphatic heterocycles. The summed E-state index contributed by atoms with van der Waals surface area (Å²) in [6.45, 7) is 1.84. The maximum atomic E-state index is 12.8. The van der Waals surface area contributed by atoms with Crippen LogP contribution in [0.25, 0.3) is 11.0 Å². The minimum atomic E-state index is -0.0756. The van der Waals surface area contributed by atoms with Gasteiger partial charge in [-0.25, -0.2) is 4.98 Å². The van der Waals surface area contributed by atoms with Crippen molar-refractivity contribution < 1.29 is 14.3 Å². The van der Waals surface area contributed by atoms with E-state index in [9.17, 15) is 4.79 Å². The molecule has 7 nitrogen and oxygen atoms in total. The van der Waals surface area contributed by atoms with Gasteiger partial charge >= 0.3 is 0 Å². The van der Waals surface area contributed by atoms with Gasteiger partial charge in [0.1, 0.15) is 17.3 Å². The lowest BCUT2D eigenvalue weighted by molar-refractivity contribution is 0.0779. The number of unbranched alkanes of at least 4 members (excludes halogenated alkanes) is 1.